The second kappa shape index (κ2) is 13.1. The van der Waals surface area contributed by atoms with Crippen LogP contribution in [0.1, 0.15) is 44.3 Å². The molecule has 2 aliphatic rings. The number of hydrogen-bond donors (Lipinski definition) is 3. The van der Waals surface area contributed by atoms with Crippen molar-refractivity contribution in [3.05, 3.63) is 53.7 Å². The Morgan fingerprint density at radius 3 is 2.56 bits per heavy atom. The van der Waals surface area contributed by atoms with Crippen molar-refractivity contribution >= 4 is 5.91 Å². The molecule has 0 bridgehead atoms. The van der Waals surface area contributed by atoms with Crippen molar-refractivity contribution in [2.24, 2.45) is 0 Å². The molecule has 1 saturated carbocycles. The lowest BCUT2D eigenvalue weighted by Gasteiger charge is -2.46. The Labute approximate surface area is 245 Å². The number of carbonyl (C=O) groups excluding carboxylic acids is 1. The van der Waals surface area contributed by atoms with E-state index in [-0.39, 0.29) is 17.8 Å². The average Bonchev–Trinajstić information content (AvgIpc) is 3.68. The molecule has 2 aromatic heterocycles. The first kappa shape index (κ1) is 31.1. The molecule has 1 aliphatic heterocycles. The van der Waals surface area contributed by atoms with Gasteiger partial charge in [-0.05, 0) is 38.0 Å². The van der Waals surface area contributed by atoms with Gasteiger partial charge in [-0.25, -0.2) is 17.9 Å². The SMILES string of the molecule is CCn1nccc1CN(C(=O)C1OC(CO)C(O)C(n2cc(-c3cc(F)c(F)c(F)c3)nn2)C1OC)[C@H]1CCCC[C@@H]1O. The van der Waals surface area contributed by atoms with Crippen LogP contribution in [0.2, 0.25) is 0 Å². The summed E-state index contributed by atoms with van der Waals surface area (Å²) >= 11 is 0. The number of aromatic nitrogens is 5. The molecule has 1 amide bonds. The Morgan fingerprint density at radius 2 is 1.91 bits per heavy atom. The normalized spacial score (nSPS) is 27.8. The summed E-state index contributed by atoms with van der Waals surface area (Å²) in [4.78, 5) is 15.9. The summed E-state index contributed by atoms with van der Waals surface area (Å²) in [6.07, 6.45) is -0.350. The zero-order valence-corrected chi connectivity index (χ0v) is 23.8. The predicted octanol–water partition coefficient (Wildman–Crippen LogP) is 1.59. The van der Waals surface area contributed by atoms with E-state index in [1.165, 1.54) is 18.0 Å². The van der Waals surface area contributed by atoms with E-state index in [4.69, 9.17) is 9.47 Å². The molecule has 5 unspecified atom stereocenters. The summed E-state index contributed by atoms with van der Waals surface area (Å²) in [6, 6.07) is 1.65. The number of benzene rings is 1. The van der Waals surface area contributed by atoms with Crippen molar-refractivity contribution in [2.45, 2.75) is 88.3 Å². The van der Waals surface area contributed by atoms with Gasteiger partial charge in [-0.2, -0.15) is 5.10 Å². The van der Waals surface area contributed by atoms with E-state index in [1.807, 2.05) is 6.92 Å². The molecule has 2 fully saturated rings. The maximum absolute atomic E-state index is 14.4. The molecule has 1 aromatic carbocycles. The summed E-state index contributed by atoms with van der Waals surface area (Å²) < 4.78 is 55.9. The highest BCUT2D eigenvalue weighted by atomic mass is 19.2. The van der Waals surface area contributed by atoms with Gasteiger partial charge < -0.3 is 29.7 Å². The Bertz CT molecular complexity index is 1400. The molecule has 0 radical (unpaired) electrons. The van der Waals surface area contributed by atoms with E-state index >= 15 is 0 Å². The summed E-state index contributed by atoms with van der Waals surface area (Å²) in [5, 5.41) is 44.5. The minimum atomic E-state index is -1.63. The number of amides is 1. The highest BCUT2D eigenvalue weighted by molar-refractivity contribution is 5.82. The van der Waals surface area contributed by atoms with Crippen LogP contribution in [0, 0.1) is 17.5 Å². The van der Waals surface area contributed by atoms with Crippen molar-refractivity contribution in [1.29, 1.82) is 0 Å². The number of methoxy groups -OCH3 is 1. The number of rotatable bonds is 9. The monoisotopic (exact) mass is 608 g/mol. The number of carbonyl (C=O) groups is 1. The molecular weight excluding hydrogens is 573 g/mol. The Morgan fingerprint density at radius 1 is 1.19 bits per heavy atom. The second-order valence-electron chi connectivity index (χ2n) is 10.8. The van der Waals surface area contributed by atoms with Crippen LogP contribution in [0.25, 0.3) is 11.3 Å². The fourth-order valence-electron chi connectivity index (χ4n) is 6.05. The Balaban J connectivity index is 1.50. The molecule has 15 heteroatoms. The molecule has 5 rings (SSSR count). The van der Waals surface area contributed by atoms with Gasteiger partial charge in [0.2, 0.25) is 0 Å². The van der Waals surface area contributed by atoms with E-state index in [2.05, 4.69) is 15.4 Å². The van der Waals surface area contributed by atoms with Crippen LogP contribution in [0.5, 0.6) is 0 Å². The number of halogens is 3. The van der Waals surface area contributed by atoms with Gasteiger partial charge >= 0.3 is 0 Å². The van der Waals surface area contributed by atoms with E-state index in [0.717, 1.165) is 30.7 Å². The van der Waals surface area contributed by atoms with Crippen LogP contribution in [0.3, 0.4) is 0 Å². The zero-order chi connectivity index (χ0) is 30.8. The summed E-state index contributed by atoms with van der Waals surface area (Å²) in [5.74, 6) is -4.98. The molecule has 3 aromatic rings. The Kier molecular flexibility index (Phi) is 9.46. The number of hydrogen-bond acceptors (Lipinski definition) is 9. The van der Waals surface area contributed by atoms with E-state index in [9.17, 15) is 33.3 Å². The molecule has 1 saturated heterocycles. The minimum absolute atomic E-state index is 0.0328. The molecular formula is C28H35F3N6O6. The van der Waals surface area contributed by atoms with Gasteiger partial charge in [0.1, 0.15) is 30.0 Å². The first-order valence-electron chi connectivity index (χ1n) is 14.2. The third-order valence-corrected chi connectivity index (χ3v) is 8.29. The predicted molar refractivity (Wildman–Crippen MR) is 144 cm³/mol. The second-order valence-corrected chi connectivity index (χ2v) is 10.8. The smallest absolute Gasteiger partial charge is 0.255 e. The maximum Gasteiger partial charge on any atom is 0.255 e. The maximum atomic E-state index is 14.4. The lowest BCUT2D eigenvalue weighted by molar-refractivity contribution is -0.219. The molecule has 43 heavy (non-hydrogen) atoms. The summed E-state index contributed by atoms with van der Waals surface area (Å²) in [7, 11) is 1.32. The van der Waals surface area contributed by atoms with Gasteiger partial charge in [0.05, 0.1) is 37.2 Å². The van der Waals surface area contributed by atoms with Gasteiger partial charge in [0.15, 0.2) is 23.6 Å². The molecule has 3 N–H and O–H groups in total. The van der Waals surface area contributed by atoms with Gasteiger partial charge in [0, 0.05) is 25.4 Å². The van der Waals surface area contributed by atoms with Crippen LogP contribution in [0.4, 0.5) is 13.2 Å². The van der Waals surface area contributed by atoms with Crippen LogP contribution >= 0.6 is 0 Å². The average molecular weight is 609 g/mol. The fourth-order valence-corrected chi connectivity index (χ4v) is 6.05. The number of nitrogens with zero attached hydrogens (tertiary/aromatic N) is 6. The van der Waals surface area contributed by atoms with E-state index in [0.29, 0.717) is 19.4 Å². The number of aryl methyl sites for hydroxylation is 1. The molecule has 1 aliphatic carbocycles. The highest BCUT2D eigenvalue weighted by Gasteiger charge is 2.51. The third-order valence-electron chi connectivity index (χ3n) is 8.29. The van der Waals surface area contributed by atoms with Gasteiger partial charge in [0.25, 0.3) is 5.91 Å². The lowest BCUT2D eigenvalue weighted by Crippen LogP contribution is -2.62. The number of ether oxygens (including phenoxy) is 2. The van der Waals surface area contributed by atoms with Crippen molar-refractivity contribution in [1.82, 2.24) is 29.7 Å². The minimum Gasteiger partial charge on any atom is -0.394 e. The topological polar surface area (TPSA) is 148 Å². The molecule has 12 nitrogen and oxygen atoms in total. The Hall–Kier alpha value is -3.37. The molecule has 234 valence electrons. The zero-order valence-electron chi connectivity index (χ0n) is 23.8. The lowest BCUT2D eigenvalue weighted by atomic mass is 9.88. The summed E-state index contributed by atoms with van der Waals surface area (Å²) in [5.41, 5.74) is 0.609. The molecule has 3 heterocycles. The van der Waals surface area contributed by atoms with Crippen molar-refractivity contribution < 1.29 is 42.8 Å². The van der Waals surface area contributed by atoms with Crippen molar-refractivity contribution in [3.63, 3.8) is 0 Å². The number of aliphatic hydroxyl groups is 3. The van der Waals surface area contributed by atoms with Gasteiger partial charge in [-0.15, -0.1) is 5.10 Å². The van der Waals surface area contributed by atoms with E-state index in [1.54, 1.807) is 21.8 Å². The number of aliphatic hydroxyl groups excluding tert-OH is 3. The van der Waals surface area contributed by atoms with Crippen LogP contribution in [0.15, 0.2) is 30.6 Å². The first-order chi connectivity index (χ1) is 20.7. The largest absolute Gasteiger partial charge is 0.394 e. The van der Waals surface area contributed by atoms with Gasteiger partial charge in [-0.3, -0.25) is 9.48 Å². The summed E-state index contributed by atoms with van der Waals surface area (Å²) in [6.45, 7) is 1.96. The van der Waals surface area contributed by atoms with Crippen LogP contribution < -0.4 is 0 Å². The van der Waals surface area contributed by atoms with Crippen molar-refractivity contribution in [2.75, 3.05) is 13.7 Å². The fraction of sp³-hybridized carbons (Fsp3) is 0.571. The molecule has 0 spiro atoms. The molecule has 7 atom stereocenters. The first-order valence-corrected chi connectivity index (χ1v) is 14.2. The van der Waals surface area contributed by atoms with Crippen molar-refractivity contribution in [3.8, 4) is 11.3 Å². The van der Waals surface area contributed by atoms with Gasteiger partial charge in [-0.1, -0.05) is 18.1 Å². The van der Waals surface area contributed by atoms with E-state index < -0.39 is 72.6 Å². The standard InChI is InChI=1S/C28H35F3N6O6/c1-3-36-16(8-9-32-36)12-35(20-6-4-5-7-21(20)39)28(41)27-26(42-2)24(25(40)22(14-38)43-27)37-13-19(33-34-37)15-10-17(29)23(31)18(30)11-15/h8-11,13,20-22,24-27,38-40H,3-7,12,14H2,1-2H3/t20-,21-,22?,24?,25?,26?,27?/m0/s1. The highest BCUT2D eigenvalue weighted by Crippen LogP contribution is 2.35. The third kappa shape index (κ3) is 6.04. The van der Waals surface area contributed by atoms with Crippen LogP contribution in [-0.4, -0.2) is 101 Å². The quantitative estimate of drug-likeness (QED) is 0.308. The van der Waals surface area contributed by atoms with Crippen LogP contribution in [-0.2, 0) is 27.4 Å².